The number of hydrogen-bond acceptors (Lipinski definition) is 3. The Hall–Kier alpha value is -1.59. The summed E-state index contributed by atoms with van der Waals surface area (Å²) in [6, 6.07) is 11.1. The smallest absolute Gasteiger partial charge is 0.191 e. The van der Waals surface area contributed by atoms with Crippen molar-refractivity contribution in [3.8, 4) is 0 Å². The largest absolute Gasteiger partial charge is 0.356 e. The minimum absolute atomic E-state index is 0.524. The van der Waals surface area contributed by atoms with Crippen LogP contribution in [0.25, 0.3) is 0 Å². The van der Waals surface area contributed by atoms with Crippen LogP contribution < -0.4 is 10.6 Å². The SMILES string of the molecule is CN=C(NCCc1ccccc1)NCC(C)N1CCN(C)CC1. The monoisotopic (exact) mass is 317 g/mol. The highest BCUT2D eigenvalue weighted by Crippen LogP contribution is 2.04. The number of guanidine groups is 1. The summed E-state index contributed by atoms with van der Waals surface area (Å²) in [4.78, 5) is 9.25. The number of nitrogens with zero attached hydrogens (tertiary/aromatic N) is 3. The Labute approximate surface area is 140 Å². The molecular formula is C18H31N5. The van der Waals surface area contributed by atoms with E-state index in [9.17, 15) is 0 Å². The number of rotatable bonds is 6. The number of hydrogen-bond donors (Lipinski definition) is 2. The van der Waals surface area contributed by atoms with Crippen molar-refractivity contribution in [2.75, 3.05) is 53.4 Å². The van der Waals surface area contributed by atoms with Gasteiger partial charge < -0.3 is 15.5 Å². The minimum Gasteiger partial charge on any atom is -0.356 e. The molecule has 0 radical (unpaired) electrons. The third-order valence-electron chi connectivity index (χ3n) is 4.50. The molecule has 0 amide bonds. The van der Waals surface area contributed by atoms with Gasteiger partial charge in [-0.05, 0) is 26.0 Å². The van der Waals surface area contributed by atoms with Gasteiger partial charge in [0.25, 0.3) is 0 Å². The van der Waals surface area contributed by atoms with Gasteiger partial charge in [0.05, 0.1) is 0 Å². The molecule has 1 fully saturated rings. The van der Waals surface area contributed by atoms with E-state index in [0.717, 1.165) is 51.6 Å². The van der Waals surface area contributed by atoms with E-state index in [1.807, 2.05) is 7.05 Å². The third kappa shape index (κ3) is 6.20. The molecule has 0 saturated carbocycles. The highest BCUT2D eigenvalue weighted by atomic mass is 15.3. The lowest BCUT2D eigenvalue weighted by atomic mass is 10.1. The summed E-state index contributed by atoms with van der Waals surface area (Å²) in [6.07, 6.45) is 1.01. The molecule has 1 aromatic rings. The van der Waals surface area contributed by atoms with Crippen molar-refractivity contribution in [2.45, 2.75) is 19.4 Å². The molecule has 1 aliphatic heterocycles. The predicted octanol–water partition coefficient (Wildman–Crippen LogP) is 1.03. The van der Waals surface area contributed by atoms with Gasteiger partial charge in [0.2, 0.25) is 0 Å². The zero-order valence-corrected chi connectivity index (χ0v) is 14.8. The van der Waals surface area contributed by atoms with E-state index in [2.05, 4.69) is 69.7 Å². The van der Waals surface area contributed by atoms with Crippen LogP contribution in [0.15, 0.2) is 35.3 Å². The summed E-state index contributed by atoms with van der Waals surface area (Å²) in [5.41, 5.74) is 1.35. The second-order valence-corrected chi connectivity index (χ2v) is 6.30. The quantitative estimate of drug-likeness (QED) is 0.607. The van der Waals surface area contributed by atoms with Gasteiger partial charge in [-0.2, -0.15) is 0 Å². The molecule has 1 aromatic carbocycles. The van der Waals surface area contributed by atoms with Crippen molar-refractivity contribution >= 4 is 5.96 Å². The van der Waals surface area contributed by atoms with Gasteiger partial charge in [0, 0.05) is 52.4 Å². The fraction of sp³-hybridized carbons (Fsp3) is 0.611. The third-order valence-corrected chi connectivity index (χ3v) is 4.50. The minimum atomic E-state index is 0.524. The maximum absolute atomic E-state index is 4.32. The van der Waals surface area contributed by atoms with Crippen LogP contribution >= 0.6 is 0 Å². The second-order valence-electron chi connectivity index (χ2n) is 6.30. The van der Waals surface area contributed by atoms with Crippen LogP contribution in [0.1, 0.15) is 12.5 Å². The Morgan fingerprint density at radius 3 is 2.48 bits per heavy atom. The zero-order chi connectivity index (χ0) is 16.5. The van der Waals surface area contributed by atoms with E-state index in [-0.39, 0.29) is 0 Å². The van der Waals surface area contributed by atoms with E-state index < -0.39 is 0 Å². The Morgan fingerprint density at radius 1 is 1.13 bits per heavy atom. The standard InChI is InChI=1S/C18H31N5/c1-16(23-13-11-22(3)12-14-23)15-21-18(19-2)20-10-9-17-7-5-4-6-8-17/h4-8,16H,9-15H2,1-3H3,(H2,19,20,21). The molecule has 0 aromatic heterocycles. The first-order valence-electron chi connectivity index (χ1n) is 8.60. The fourth-order valence-electron chi connectivity index (χ4n) is 2.83. The van der Waals surface area contributed by atoms with E-state index in [1.54, 1.807) is 0 Å². The number of benzene rings is 1. The molecule has 1 unspecified atom stereocenters. The van der Waals surface area contributed by atoms with Crippen molar-refractivity contribution in [3.63, 3.8) is 0 Å². The fourth-order valence-corrected chi connectivity index (χ4v) is 2.83. The molecule has 0 bridgehead atoms. The molecule has 128 valence electrons. The Balaban J connectivity index is 1.66. The molecule has 5 nitrogen and oxygen atoms in total. The van der Waals surface area contributed by atoms with E-state index in [0.29, 0.717) is 6.04 Å². The van der Waals surface area contributed by atoms with Gasteiger partial charge in [0.1, 0.15) is 0 Å². The predicted molar refractivity (Wildman–Crippen MR) is 98.0 cm³/mol. The molecule has 1 saturated heterocycles. The second kappa shape index (κ2) is 9.53. The van der Waals surface area contributed by atoms with Gasteiger partial charge in [0.15, 0.2) is 5.96 Å². The van der Waals surface area contributed by atoms with E-state index in [1.165, 1.54) is 5.56 Å². The Morgan fingerprint density at radius 2 is 1.83 bits per heavy atom. The van der Waals surface area contributed by atoms with Gasteiger partial charge in [-0.15, -0.1) is 0 Å². The van der Waals surface area contributed by atoms with Gasteiger partial charge in [-0.25, -0.2) is 0 Å². The average Bonchev–Trinajstić information content (AvgIpc) is 2.59. The first-order chi connectivity index (χ1) is 11.2. The van der Waals surface area contributed by atoms with Crippen molar-refractivity contribution in [2.24, 2.45) is 4.99 Å². The summed E-state index contributed by atoms with van der Waals surface area (Å²) in [5.74, 6) is 0.891. The molecular weight excluding hydrogens is 286 g/mol. The Kier molecular flexibility index (Phi) is 7.36. The van der Waals surface area contributed by atoms with Crippen LogP contribution in [-0.4, -0.2) is 75.2 Å². The van der Waals surface area contributed by atoms with Gasteiger partial charge in [-0.1, -0.05) is 30.3 Å². The lowest BCUT2D eigenvalue weighted by Crippen LogP contribution is -2.52. The first kappa shape index (κ1) is 17.8. The maximum Gasteiger partial charge on any atom is 0.191 e. The normalized spacial score (nSPS) is 18.7. The Bertz CT molecular complexity index is 466. The molecule has 0 aliphatic carbocycles. The number of aliphatic imine (C=N–C) groups is 1. The number of likely N-dealkylation sites (N-methyl/N-ethyl adjacent to an activating group) is 1. The van der Waals surface area contributed by atoms with Gasteiger partial charge in [-0.3, -0.25) is 9.89 Å². The highest BCUT2D eigenvalue weighted by Gasteiger charge is 2.18. The highest BCUT2D eigenvalue weighted by molar-refractivity contribution is 5.79. The molecule has 2 rings (SSSR count). The van der Waals surface area contributed by atoms with Crippen molar-refractivity contribution in [1.29, 1.82) is 0 Å². The van der Waals surface area contributed by atoms with E-state index >= 15 is 0 Å². The molecule has 2 N–H and O–H groups in total. The van der Waals surface area contributed by atoms with Crippen LogP contribution in [0, 0.1) is 0 Å². The van der Waals surface area contributed by atoms with Crippen LogP contribution in [0.5, 0.6) is 0 Å². The number of piperazine rings is 1. The lowest BCUT2D eigenvalue weighted by Gasteiger charge is -2.36. The molecule has 0 spiro atoms. The lowest BCUT2D eigenvalue weighted by molar-refractivity contribution is 0.120. The first-order valence-corrected chi connectivity index (χ1v) is 8.60. The molecule has 1 aliphatic rings. The van der Waals surface area contributed by atoms with Crippen LogP contribution in [-0.2, 0) is 6.42 Å². The summed E-state index contributed by atoms with van der Waals surface area (Å²) in [6.45, 7) is 8.73. The van der Waals surface area contributed by atoms with Crippen LogP contribution in [0.2, 0.25) is 0 Å². The summed E-state index contributed by atoms with van der Waals surface area (Å²) >= 11 is 0. The van der Waals surface area contributed by atoms with E-state index in [4.69, 9.17) is 0 Å². The van der Waals surface area contributed by atoms with Crippen molar-refractivity contribution < 1.29 is 0 Å². The van der Waals surface area contributed by atoms with Crippen LogP contribution in [0.4, 0.5) is 0 Å². The molecule has 5 heteroatoms. The average molecular weight is 317 g/mol. The van der Waals surface area contributed by atoms with Crippen molar-refractivity contribution in [3.05, 3.63) is 35.9 Å². The summed E-state index contributed by atoms with van der Waals surface area (Å²) in [5, 5.41) is 6.84. The molecule has 1 heterocycles. The number of nitrogens with one attached hydrogen (secondary N) is 2. The topological polar surface area (TPSA) is 42.9 Å². The van der Waals surface area contributed by atoms with Crippen molar-refractivity contribution in [1.82, 2.24) is 20.4 Å². The molecule has 1 atom stereocenters. The maximum atomic E-state index is 4.32. The molecule has 23 heavy (non-hydrogen) atoms. The summed E-state index contributed by atoms with van der Waals surface area (Å²) < 4.78 is 0. The van der Waals surface area contributed by atoms with Crippen LogP contribution in [0.3, 0.4) is 0 Å². The zero-order valence-electron chi connectivity index (χ0n) is 14.8. The summed E-state index contributed by atoms with van der Waals surface area (Å²) in [7, 11) is 4.02. The van der Waals surface area contributed by atoms with Gasteiger partial charge >= 0.3 is 0 Å².